The van der Waals surface area contributed by atoms with Crippen LogP contribution in [0.4, 0.5) is 5.69 Å². The molecule has 0 amide bonds. The molecule has 2 atom stereocenters. The van der Waals surface area contributed by atoms with Gasteiger partial charge in [0.25, 0.3) is 5.69 Å². The molecule has 1 saturated heterocycles. The summed E-state index contributed by atoms with van der Waals surface area (Å²) >= 11 is 0. The van der Waals surface area contributed by atoms with E-state index >= 15 is 0 Å². The number of hydrogen-bond donors (Lipinski definition) is 1. The van der Waals surface area contributed by atoms with E-state index < -0.39 is 0 Å². The summed E-state index contributed by atoms with van der Waals surface area (Å²) in [6, 6.07) is 5.69. The maximum absolute atomic E-state index is 10.9. The van der Waals surface area contributed by atoms with Crippen LogP contribution in [0.5, 0.6) is 0 Å². The molecule has 5 nitrogen and oxygen atoms in total. The number of nitrogens with zero attached hydrogens (tertiary/aromatic N) is 1. The van der Waals surface area contributed by atoms with Crippen molar-refractivity contribution in [2.75, 3.05) is 6.61 Å². The average molecular weight is 278 g/mol. The molecule has 0 radical (unpaired) electrons. The zero-order valence-corrected chi connectivity index (χ0v) is 12.1. The van der Waals surface area contributed by atoms with Crippen molar-refractivity contribution < 1.29 is 9.66 Å². The minimum Gasteiger partial charge on any atom is -0.378 e. The Morgan fingerprint density at radius 3 is 3.00 bits per heavy atom. The normalized spacial score (nSPS) is 22.7. The molecule has 1 aromatic rings. The Bertz CT molecular complexity index is 476. The topological polar surface area (TPSA) is 64.4 Å². The maximum Gasteiger partial charge on any atom is 0.272 e. The van der Waals surface area contributed by atoms with Gasteiger partial charge in [-0.1, -0.05) is 19.1 Å². The molecule has 1 fully saturated rings. The molecule has 0 saturated carbocycles. The Balaban J connectivity index is 1.97. The number of ether oxygens (including phenoxy) is 1. The molecule has 0 aliphatic carbocycles. The summed E-state index contributed by atoms with van der Waals surface area (Å²) in [6.45, 7) is 5.42. The number of benzene rings is 1. The maximum atomic E-state index is 10.9. The number of nitrogens with one attached hydrogen (secondary N) is 1. The molecule has 110 valence electrons. The van der Waals surface area contributed by atoms with Crippen LogP contribution in [0.2, 0.25) is 0 Å². The van der Waals surface area contributed by atoms with Crippen molar-refractivity contribution in [2.45, 2.75) is 51.8 Å². The molecule has 2 rings (SSSR count). The van der Waals surface area contributed by atoms with E-state index in [0.717, 1.165) is 37.0 Å². The fraction of sp³-hybridized carbons (Fsp3) is 0.600. The van der Waals surface area contributed by atoms with Gasteiger partial charge in [0.05, 0.1) is 11.0 Å². The highest BCUT2D eigenvalue weighted by atomic mass is 16.6. The Morgan fingerprint density at radius 2 is 2.30 bits per heavy atom. The van der Waals surface area contributed by atoms with E-state index in [0.29, 0.717) is 18.7 Å². The quantitative estimate of drug-likeness (QED) is 0.664. The van der Waals surface area contributed by atoms with Gasteiger partial charge in [-0.15, -0.1) is 0 Å². The van der Waals surface area contributed by atoms with E-state index in [1.54, 1.807) is 12.1 Å². The molecule has 1 aliphatic rings. The minimum atomic E-state index is -0.319. The monoisotopic (exact) mass is 278 g/mol. The van der Waals surface area contributed by atoms with E-state index in [1.807, 2.05) is 13.0 Å². The SMILES string of the molecule is CCC1CC(NCc2cccc([N+](=O)[O-])c2C)CCO1. The Labute approximate surface area is 119 Å². The molecule has 1 N–H and O–H groups in total. The van der Waals surface area contributed by atoms with Crippen molar-refractivity contribution in [3.63, 3.8) is 0 Å². The molecule has 2 unspecified atom stereocenters. The molecule has 0 bridgehead atoms. The highest BCUT2D eigenvalue weighted by Crippen LogP contribution is 2.22. The molecular formula is C15H22N2O3. The lowest BCUT2D eigenvalue weighted by Gasteiger charge is -2.29. The van der Waals surface area contributed by atoms with Gasteiger partial charge in [-0.25, -0.2) is 0 Å². The molecule has 20 heavy (non-hydrogen) atoms. The van der Waals surface area contributed by atoms with Crippen molar-refractivity contribution in [3.8, 4) is 0 Å². The van der Waals surface area contributed by atoms with Gasteiger partial charge >= 0.3 is 0 Å². The van der Waals surface area contributed by atoms with Gasteiger partial charge in [0, 0.05) is 30.8 Å². The van der Waals surface area contributed by atoms with Gasteiger partial charge in [0.15, 0.2) is 0 Å². The zero-order chi connectivity index (χ0) is 14.5. The minimum absolute atomic E-state index is 0.197. The summed E-state index contributed by atoms with van der Waals surface area (Å²) in [5.74, 6) is 0. The van der Waals surface area contributed by atoms with E-state index in [1.165, 1.54) is 0 Å². The van der Waals surface area contributed by atoms with Crippen LogP contribution in [0.3, 0.4) is 0 Å². The number of nitro groups is 1. The third-order valence-electron chi connectivity index (χ3n) is 4.02. The van der Waals surface area contributed by atoms with Crippen LogP contribution in [0.25, 0.3) is 0 Å². The second kappa shape index (κ2) is 6.81. The molecule has 1 heterocycles. The third kappa shape index (κ3) is 3.55. The molecule has 0 spiro atoms. The van der Waals surface area contributed by atoms with Crippen LogP contribution in [-0.2, 0) is 11.3 Å². The summed E-state index contributed by atoms with van der Waals surface area (Å²) in [5, 5.41) is 14.4. The van der Waals surface area contributed by atoms with Gasteiger partial charge < -0.3 is 10.1 Å². The fourth-order valence-corrected chi connectivity index (χ4v) is 2.66. The first-order valence-electron chi connectivity index (χ1n) is 7.19. The summed E-state index contributed by atoms with van der Waals surface area (Å²) < 4.78 is 5.65. The lowest BCUT2D eigenvalue weighted by Crippen LogP contribution is -2.38. The number of nitro benzene ring substituents is 1. The van der Waals surface area contributed by atoms with E-state index in [2.05, 4.69) is 12.2 Å². The predicted octanol–water partition coefficient (Wildman–Crippen LogP) is 2.95. The van der Waals surface area contributed by atoms with Crippen LogP contribution in [0.15, 0.2) is 18.2 Å². The Kier molecular flexibility index (Phi) is 5.09. The predicted molar refractivity (Wildman–Crippen MR) is 77.7 cm³/mol. The molecule has 0 aromatic heterocycles. The van der Waals surface area contributed by atoms with Crippen LogP contribution in [-0.4, -0.2) is 23.7 Å². The summed E-state index contributed by atoms with van der Waals surface area (Å²) in [5.41, 5.74) is 1.95. The number of hydrogen-bond acceptors (Lipinski definition) is 4. The van der Waals surface area contributed by atoms with Gasteiger partial charge in [0.1, 0.15) is 0 Å². The van der Waals surface area contributed by atoms with Crippen LogP contribution >= 0.6 is 0 Å². The van der Waals surface area contributed by atoms with Crippen molar-refractivity contribution in [1.29, 1.82) is 0 Å². The first kappa shape index (κ1) is 14.9. The summed E-state index contributed by atoms with van der Waals surface area (Å²) in [6.07, 6.45) is 3.40. The molecule has 5 heteroatoms. The molecule has 1 aliphatic heterocycles. The molecular weight excluding hydrogens is 256 g/mol. The lowest BCUT2D eigenvalue weighted by atomic mass is 10.0. The van der Waals surface area contributed by atoms with Crippen LogP contribution < -0.4 is 5.32 Å². The molecule has 1 aromatic carbocycles. The number of rotatable bonds is 5. The Hall–Kier alpha value is -1.46. The van der Waals surface area contributed by atoms with Gasteiger partial charge in [-0.3, -0.25) is 10.1 Å². The zero-order valence-electron chi connectivity index (χ0n) is 12.1. The van der Waals surface area contributed by atoms with E-state index in [4.69, 9.17) is 4.74 Å². The van der Waals surface area contributed by atoms with Crippen molar-refractivity contribution in [3.05, 3.63) is 39.4 Å². The van der Waals surface area contributed by atoms with Gasteiger partial charge in [0.2, 0.25) is 0 Å². The van der Waals surface area contributed by atoms with Crippen LogP contribution in [0, 0.1) is 17.0 Å². The van der Waals surface area contributed by atoms with Gasteiger partial charge in [-0.2, -0.15) is 0 Å². The summed E-state index contributed by atoms with van der Waals surface area (Å²) in [4.78, 5) is 10.6. The largest absolute Gasteiger partial charge is 0.378 e. The van der Waals surface area contributed by atoms with Crippen LogP contribution in [0.1, 0.15) is 37.3 Å². The fourth-order valence-electron chi connectivity index (χ4n) is 2.66. The lowest BCUT2D eigenvalue weighted by molar-refractivity contribution is -0.385. The second-order valence-corrected chi connectivity index (χ2v) is 5.32. The Morgan fingerprint density at radius 1 is 1.50 bits per heavy atom. The van der Waals surface area contributed by atoms with Gasteiger partial charge in [-0.05, 0) is 31.7 Å². The summed E-state index contributed by atoms with van der Waals surface area (Å²) in [7, 11) is 0. The smallest absolute Gasteiger partial charge is 0.272 e. The standard InChI is InChI=1S/C15H22N2O3/c1-3-14-9-13(7-8-20-14)16-10-12-5-4-6-15(11(12)2)17(18)19/h4-6,13-14,16H,3,7-10H2,1-2H3. The van der Waals surface area contributed by atoms with E-state index in [9.17, 15) is 10.1 Å². The van der Waals surface area contributed by atoms with E-state index in [-0.39, 0.29) is 10.6 Å². The highest BCUT2D eigenvalue weighted by Gasteiger charge is 2.21. The van der Waals surface area contributed by atoms with Crippen molar-refractivity contribution >= 4 is 5.69 Å². The first-order valence-corrected chi connectivity index (χ1v) is 7.19. The van der Waals surface area contributed by atoms with Crippen molar-refractivity contribution in [2.24, 2.45) is 0 Å². The van der Waals surface area contributed by atoms with Crippen molar-refractivity contribution in [1.82, 2.24) is 5.32 Å². The third-order valence-corrected chi connectivity index (χ3v) is 4.02. The highest BCUT2D eigenvalue weighted by molar-refractivity contribution is 5.44. The average Bonchev–Trinajstić information content (AvgIpc) is 2.46. The first-order chi connectivity index (χ1) is 9.61. The second-order valence-electron chi connectivity index (χ2n) is 5.32.